The molecule has 2 aliphatic heterocycles. The smallest absolute Gasteiger partial charge is 0.220 e. The van der Waals surface area contributed by atoms with Crippen LogP contribution in [0.25, 0.3) is 0 Å². The Balaban J connectivity index is 1.73. The highest BCUT2D eigenvalue weighted by Gasteiger charge is 2.51. The normalized spacial score (nSPS) is 25.1. The van der Waals surface area contributed by atoms with Crippen molar-refractivity contribution in [2.45, 2.75) is 306 Å². The van der Waals surface area contributed by atoms with Crippen molar-refractivity contribution in [2.75, 3.05) is 19.8 Å². The number of aliphatic hydroxyl groups excluding tert-OH is 8. The molecule has 2 saturated heterocycles. The first-order valence-electron chi connectivity index (χ1n) is 31.2. The molecule has 2 rings (SSSR count). The van der Waals surface area contributed by atoms with E-state index in [1.165, 1.54) is 141 Å². The SMILES string of the molecule is CC/C=C\C/C=C\C/C=C\C/C=C\CCCCCCCCCCCCCCCCC(=O)NC(COC1OC(CO)C(OC2OC(CO)C(O)C(O)C2O)C(O)C1O)C(O)/C=C/CC/C=C/CCCCCCCCCCCCC. The molecule has 0 radical (unpaired) electrons. The number of aliphatic hydroxyl groups is 8. The summed E-state index contributed by atoms with van der Waals surface area (Å²) in [6.07, 6.45) is 48.0. The predicted molar refractivity (Wildman–Crippen MR) is 313 cm³/mol. The molecule has 0 aromatic carbocycles. The van der Waals surface area contributed by atoms with E-state index in [2.05, 4.69) is 79.9 Å². The summed E-state index contributed by atoms with van der Waals surface area (Å²) in [6.45, 7) is 2.67. The Morgan fingerprint density at radius 3 is 1.41 bits per heavy atom. The van der Waals surface area contributed by atoms with E-state index in [1.807, 2.05) is 6.08 Å². The van der Waals surface area contributed by atoms with E-state index in [0.29, 0.717) is 12.8 Å². The molecule has 2 fully saturated rings. The molecule has 78 heavy (non-hydrogen) atoms. The summed E-state index contributed by atoms with van der Waals surface area (Å²) in [5.74, 6) is -0.251. The van der Waals surface area contributed by atoms with E-state index >= 15 is 0 Å². The molecule has 0 aromatic heterocycles. The van der Waals surface area contributed by atoms with Gasteiger partial charge in [-0.05, 0) is 70.6 Å². The largest absolute Gasteiger partial charge is 0.394 e. The first kappa shape index (κ1) is 71.5. The second-order valence-corrected chi connectivity index (χ2v) is 21.8. The number of nitrogens with one attached hydrogen (secondary N) is 1. The molecule has 0 aromatic rings. The number of hydrogen-bond acceptors (Lipinski definition) is 13. The van der Waals surface area contributed by atoms with Crippen molar-refractivity contribution >= 4 is 5.91 Å². The average Bonchev–Trinajstić information content (AvgIpc) is 3.44. The lowest BCUT2D eigenvalue weighted by Gasteiger charge is -2.46. The fourth-order valence-electron chi connectivity index (χ4n) is 9.89. The maximum absolute atomic E-state index is 13.3. The molecule has 14 heteroatoms. The van der Waals surface area contributed by atoms with Gasteiger partial charge in [-0.3, -0.25) is 4.79 Å². The molecule has 0 aliphatic carbocycles. The lowest BCUT2D eigenvalue weighted by Crippen LogP contribution is -2.65. The summed E-state index contributed by atoms with van der Waals surface area (Å²) < 4.78 is 22.8. The molecular formula is C64H113NO13. The van der Waals surface area contributed by atoms with Crippen molar-refractivity contribution in [3.63, 3.8) is 0 Å². The molecule has 12 unspecified atom stereocenters. The number of carbonyl (C=O) groups excluding carboxylic acids is 1. The van der Waals surface area contributed by atoms with Crippen molar-refractivity contribution in [2.24, 2.45) is 0 Å². The summed E-state index contributed by atoms with van der Waals surface area (Å²) in [6, 6.07) is -0.935. The monoisotopic (exact) mass is 1100 g/mol. The number of amides is 1. The van der Waals surface area contributed by atoms with Crippen molar-refractivity contribution < 1.29 is 64.6 Å². The quantitative estimate of drug-likeness (QED) is 0.0204. The lowest BCUT2D eigenvalue weighted by molar-refractivity contribution is -0.359. The van der Waals surface area contributed by atoms with E-state index in [-0.39, 0.29) is 18.9 Å². The van der Waals surface area contributed by atoms with Crippen LogP contribution in [0, 0.1) is 0 Å². The fourth-order valence-corrected chi connectivity index (χ4v) is 9.89. The second-order valence-electron chi connectivity index (χ2n) is 21.8. The van der Waals surface area contributed by atoms with Crippen LogP contribution < -0.4 is 5.32 Å². The molecule has 14 nitrogen and oxygen atoms in total. The van der Waals surface area contributed by atoms with Crippen LogP contribution in [0.5, 0.6) is 0 Å². The Morgan fingerprint density at radius 2 is 0.897 bits per heavy atom. The number of hydrogen-bond donors (Lipinski definition) is 9. The van der Waals surface area contributed by atoms with Crippen LogP contribution in [0.1, 0.15) is 232 Å². The van der Waals surface area contributed by atoms with Crippen LogP contribution in [0.2, 0.25) is 0 Å². The Bertz CT molecular complexity index is 1580. The molecule has 2 aliphatic rings. The van der Waals surface area contributed by atoms with Gasteiger partial charge in [0.15, 0.2) is 12.6 Å². The zero-order valence-corrected chi connectivity index (χ0v) is 48.6. The lowest BCUT2D eigenvalue weighted by atomic mass is 9.97. The van der Waals surface area contributed by atoms with Gasteiger partial charge in [0.2, 0.25) is 5.91 Å². The molecule has 2 heterocycles. The minimum absolute atomic E-state index is 0.251. The second kappa shape index (κ2) is 49.1. The van der Waals surface area contributed by atoms with Gasteiger partial charge in [0.25, 0.3) is 0 Å². The van der Waals surface area contributed by atoms with Crippen molar-refractivity contribution in [3.05, 3.63) is 72.9 Å². The van der Waals surface area contributed by atoms with Crippen molar-refractivity contribution in [3.8, 4) is 0 Å². The van der Waals surface area contributed by atoms with Gasteiger partial charge >= 0.3 is 0 Å². The van der Waals surface area contributed by atoms with Gasteiger partial charge in [-0.15, -0.1) is 0 Å². The molecule has 0 saturated carbocycles. The van der Waals surface area contributed by atoms with Crippen LogP contribution in [0.15, 0.2) is 72.9 Å². The van der Waals surface area contributed by atoms with Crippen molar-refractivity contribution in [1.82, 2.24) is 5.32 Å². The molecule has 1 amide bonds. The third kappa shape index (κ3) is 34.0. The number of carbonyl (C=O) groups is 1. The third-order valence-corrected chi connectivity index (χ3v) is 14.9. The standard InChI is InChI=1S/C64H113NO13/c1-3-5-7-9-11-13-15-17-19-21-22-23-24-25-26-27-28-29-30-32-34-36-38-40-42-44-46-48-56(69)65-52(53(68)47-45-43-41-39-37-35-33-31-20-18-16-14-12-10-8-6-4-2)51-75-63-61(74)59(72)62(55(50-67)77-63)78-64-60(73)58(71)57(70)54(49-66)76-64/h5,7,11,13,17,19,22-23,37,39,45,47,52-55,57-64,66-68,70-74H,3-4,6,8-10,12,14-16,18,20-21,24-36,38,40-44,46,48-51H2,1-2H3,(H,65,69)/b7-5-,13-11-,19-17-,23-22-,39-37+,47-45+. The minimum atomic E-state index is -1.79. The van der Waals surface area contributed by atoms with Gasteiger partial charge in [-0.1, -0.05) is 228 Å². The highest BCUT2D eigenvalue weighted by Crippen LogP contribution is 2.30. The molecule has 0 spiro atoms. The number of unbranched alkanes of at least 4 members (excludes halogenated alkanes) is 26. The highest BCUT2D eigenvalue weighted by atomic mass is 16.7. The summed E-state index contributed by atoms with van der Waals surface area (Å²) in [5, 5.41) is 87.1. The predicted octanol–water partition coefficient (Wildman–Crippen LogP) is 11.1. The first-order valence-corrected chi connectivity index (χ1v) is 31.2. The van der Waals surface area contributed by atoms with Gasteiger partial charge < -0.3 is 65.1 Å². The van der Waals surface area contributed by atoms with Crippen LogP contribution in [-0.4, -0.2) is 140 Å². The Labute approximate surface area is 472 Å². The summed E-state index contributed by atoms with van der Waals surface area (Å²) in [4.78, 5) is 13.3. The fraction of sp³-hybridized carbons (Fsp3) is 0.797. The van der Waals surface area contributed by atoms with E-state index in [1.54, 1.807) is 6.08 Å². The number of rotatable bonds is 49. The van der Waals surface area contributed by atoms with Gasteiger partial charge in [0, 0.05) is 6.42 Å². The van der Waals surface area contributed by atoms with E-state index in [9.17, 15) is 45.6 Å². The molecule has 12 atom stereocenters. The van der Waals surface area contributed by atoms with Crippen molar-refractivity contribution in [1.29, 1.82) is 0 Å². The van der Waals surface area contributed by atoms with E-state index in [4.69, 9.17) is 18.9 Å². The highest BCUT2D eigenvalue weighted by molar-refractivity contribution is 5.76. The van der Waals surface area contributed by atoms with Gasteiger partial charge in [-0.25, -0.2) is 0 Å². The molecule has 0 bridgehead atoms. The minimum Gasteiger partial charge on any atom is -0.394 e. The molecular weight excluding hydrogens is 991 g/mol. The Kier molecular flexibility index (Phi) is 45.0. The number of allylic oxidation sites excluding steroid dienone is 11. The Hall–Kier alpha value is -2.57. The maximum atomic E-state index is 13.3. The van der Waals surface area contributed by atoms with Gasteiger partial charge in [0.05, 0.1) is 32.0 Å². The molecule has 452 valence electrons. The van der Waals surface area contributed by atoms with Crippen LogP contribution in [0.3, 0.4) is 0 Å². The topological polar surface area (TPSA) is 228 Å². The number of ether oxygens (including phenoxy) is 4. The zero-order valence-electron chi connectivity index (χ0n) is 48.6. The summed E-state index contributed by atoms with van der Waals surface area (Å²) in [7, 11) is 0. The first-order chi connectivity index (χ1) is 38.1. The average molecular weight is 1100 g/mol. The van der Waals surface area contributed by atoms with Crippen LogP contribution >= 0.6 is 0 Å². The zero-order chi connectivity index (χ0) is 56.7. The third-order valence-electron chi connectivity index (χ3n) is 14.9. The maximum Gasteiger partial charge on any atom is 0.220 e. The van der Waals surface area contributed by atoms with Gasteiger partial charge in [0.1, 0.15) is 48.8 Å². The summed E-state index contributed by atoms with van der Waals surface area (Å²) in [5.41, 5.74) is 0. The van der Waals surface area contributed by atoms with Crippen LogP contribution in [0.4, 0.5) is 0 Å². The van der Waals surface area contributed by atoms with Gasteiger partial charge in [-0.2, -0.15) is 0 Å². The molecule has 9 N–H and O–H groups in total. The Morgan fingerprint density at radius 1 is 0.474 bits per heavy atom. The summed E-state index contributed by atoms with van der Waals surface area (Å²) >= 11 is 0. The van der Waals surface area contributed by atoms with E-state index in [0.717, 1.165) is 57.8 Å². The van der Waals surface area contributed by atoms with E-state index < -0.39 is 86.8 Å². The van der Waals surface area contributed by atoms with Crippen LogP contribution in [-0.2, 0) is 23.7 Å².